The van der Waals surface area contributed by atoms with E-state index in [4.69, 9.17) is 23.7 Å². The van der Waals surface area contributed by atoms with Gasteiger partial charge >= 0.3 is 0 Å². The highest BCUT2D eigenvalue weighted by atomic mass is 16.5. The molecule has 174 valence electrons. The summed E-state index contributed by atoms with van der Waals surface area (Å²) >= 11 is 0. The molecule has 1 aliphatic heterocycles. The van der Waals surface area contributed by atoms with Crippen LogP contribution in [0.2, 0.25) is 0 Å². The van der Waals surface area contributed by atoms with Crippen molar-refractivity contribution in [3.05, 3.63) is 76.9 Å². The molecule has 0 amide bonds. The molecule has 0 spiro atoms. The zero-order valence-electron chi connectivity index (χ0n) is 19.7. The van der Waals surface area contributed by atoms with E-state index >= 15 is 0 Å². The molecule has 33 heavy (non-hydrogen) atoms. The molecule has 0 atom stereocenters. The van der Waals surface area contributed by atoms with Gasteiger partial charge in [0.1, 0.15) is 6.61 Å². The zero-order valence-corrected chi connectivity index (χ0v) is 19.7. The van der Waals surface area contributed by atoms with E-state index in [1.54, 1.807) is 28.4 Å². The summed E-state index contributed by atoms with van der Waals surface area (Å²) in [6.45, 7) is 3.09. The van der Waals surface area contributed by atoms with Crippen LogP contribution in [0.3, 0.4) is 0 Å². The minimum absolute atomic E-state index is 0.517. The van der Waals surface area contributed by atoms with E-state index in [1.165, 1.54) is 11.1 Å². The fourth-order valence-electron chi connectivity index (χ4n) is 4.25. The lowest BCUT2D eigenvalue weighted by molar-refractivity contribution is 0.241. The first-order valence-corrected chi connectivity index (χ1v) is 11.0. The van der Waals surface area contributed by atoms with E-state index in [1.807, 2.05) is 30.3 Å². The highest BCUT2D eigenvalue weighted by molar-refractivity contribution is 5.54. The van der Waals surface area contributed by atoms with Crippen molar-refractivity contribution in [1.29, 1.82) is 0 Å². The van der Waals surface area contributed by atoms with Crippen LogP contribution in [0, 0.1) is 0 Å². The van der Waals surface area contributed by atoms with Crippen molar-refractivity contribution in [2.24, 2.45) is 0 Å². The van der Waals surface area contributed by atoms with E-state index in [0.717, 1.165) is 48.7 Å². The zero-order chi connectivity index (χ0) is 23.2. The van der Waals surface area contributed by atoms with Gasteiger partial charge in [-0.1, -0.05) is 30.3 Å². The number of ether oxygens (including phenoxy) is 5. The smallest absolute Gasteiger partial charge is 0.203 e. The summed E-state index contributed by atoms with van der Waals surface area (Å²) in [6.07, 6.45) is 0.950. The second-order valence-corrected chi connectivity index (χ2v) is 8.04. The highest BCUT2D eigenvalue weighted by Crippen LogP contribution is 2.39. The van der Waals surface area contributed by atoms with Crippen LogP contribution in [0.25, 0.3) is 0 Å². The maximum Gasteiger partial charge on any atom is 0.203 e. The van der Waals surface area contributed by atoms with Gasteiger partial charge in [-0.05, 0) is 52.9 Å². The lowest BCUT2D eigenvalue weighted by Crippen LogP contribution is -2.30. The average molecular weight is 450 g/mol. The summed E-state index contributed by atoms with van der Waals surface area (Å²) < 4.78 is 28.2. The second-order valence-electron chi connectivity index (χ2n) is 8.04. The average Bonchev–Trinajstić information content (AvgIpc) is 2.86. The Hall–Kier alpha value is -3.38. The van der Waals surface area contributed by atoms with Gasteiger partial charge < -0.3 is 23.7 Å². The number of methoxy groups -OCH3 is 4. The molecule has 0 saturated heterocycles. The summed E-state index contributed by atoms with van der Waals surface area (Å²) in [6, 6.07) is 18.4. The minimum atomic E-state index is 0.517. The van der Waals surface area contributed by atoms with Gasteiger partial charge in [0.15, 0.2) is 23.0 Å². The van der Waals surface area contributed by atoms with Crippen molar-refractivity contribution >= 4 is 0 Å². The standard InChI is InChI=1S/C27H31NO5/c1-29-23-15-22-17-28(16-20-12-25(30-2)27(32-4)26(13-20)31-3)11-10-21(22)14-24(23)33-18-19-8-6-5-7-9-19/h5-9,12-15H,10-11,16-18H2,1-4H3. The van der Waals surface area contributed by atoms with E-state index in [0.29, 0.717) is 23.9 Å². The Kier molecular flexibility index (Phi) is 7.25. The lowest BCUT2D eigenvalue weighted by Gasteiger charge is -2.30. The first-order chi connectivity index (χ1) is 16.1. The Morgan fingerprint density at radius 1 is 0.697 bits per heavy atom. The SMILES string of the molecule is COc1cc2c(cc1OCc1ccccc1)CCN(Cc1cc(OC)c(OC)c(OC)c1)C2. The third-order valence-electron chi connectivity index (χ3n) is 5.95. The Balaban J connectivity index is 1.49. The van der Waals surface area contributed by atoms with Crippen LogP contribution in [-0.4, -0.2) is 39.9 Å². The van der Waals surface area contributed by atoms with E-state index in [9.17, 15) is 0 Å². The van der Waals surface area contributed by atoms with E-state index in [2.05, 4.69) is 29.2 Å². The molecule has 4 rings (SSSR count). The summed E-state index contributed by atoms with van der Waals surface area (Å²) in [4.78, 5) is 2.41. The number of benzene rings is 3. The highest BCUT2D eigenvalue weighted by Gasteiger charge is 2.21. The van der Waals surface area contributed by atoms with Gasteiger partial charge in [0.25, 0.3) is 0 Å². The predicted molar refractivity (Wildman–Crippen MR) is 128 cm³/mol. The first-order valence-electron chi connectivity index (χ1n) is 11.0. The molecule has 3 aromatic rings. The van der Waals surface area contributed by atoms with Gasteiger partial charge in [-0.15, -0.1) is 0 Å². The Labute approximate surface area is 195 Å². The van der Waals surface area contributed by atoms with Crippen LogP contribution in [0.5, 0.6) is 28.7 Å². The van der Waals surface area contributed by atoms with Crippen LogP contribution in [0.15, 0.2) is 54.6 Å². The Morgan fingerprint density at radius 2 is 1.36 bits per heavy atom. The Morgan fingerprint density at radius 3 is 2.00 bits per heavy atom. The fraction of sp³-hybridized carbons (Fsp3) is 0.333. The number of hydrogen-bond acceptors (Lipinski definition) is 6. The number of fused-ring (bicyclic) bond motifs is 1. The van der Waals surface area contributed by atoms with Gasteiger partial charge in [-0.3, -0.25) is 4.90 Å². The molecule has 0 saturated carbocycles. The summed E-state index contributed by atoms with van der Waals surface area (Å²) in [7, 11) is 6.59. The molecule has 6 heteroatoms. The summed E-state index contributed by atoms with van der Waals surface area (Å²) in [5.41, 5.74) is 4.81. The van der Waals surface area contributed by atoms with Crippen molar-refractivity contribution in [3.8, 4) is 28.7 Å². The van der Waals surface area contributed by atoms with E-state index < -0.39 is 0 Å². The molecule has 0 bridgehead atoms. The van der Waals surface area contributed by atoms with Crippen molar-refractivity contribution in [1.82, 2.24) is 4.90 Å². The minimum Gasteiger partial charge on any atom is -0.493 e. The molecule has 1 aliphatic rings. The maximum absolute atomic E-state index is 6.10. The summed E-state index contributed by atoms with van der Waals surface area (Å²) in [5, 5.41) is 0. The fourth-order valence-corrected chi connectivity index (χ4v) is 4.25. The molecule has 0 radical (unpaired) electrons. The molecule has 6 nitrogen and oxygen atoms in total. The molecule has 0 unspecified atom stereocenters. The summed E-state index contributed by atoms with van der Waals surface area (Å²) in [5.74, 6) is 3.51. The van der Waals surface area contributed by atoms with Crippen molar-refractivity contribution in [2.45, 2.75) is 26.1 Å². The van der Waals surface area contributed by atoms with Gasteiger partial charge in [0.05, 0.1) is 28.4 Å². The van der Waals surface area contributed by atoms with Crippen molar-refractivity contribution < 1.29 is 23.7 Å². The van der Waals surface area contributed by atoms with Crippen LogP contribution in [0.1, 0.15) is 22.3 Å². The quantitative estimate of drug-likeness (QED) is 0.465. The molecule has 1 heterocycles. The normalized spacial score (nSPS) is 13.2. The van der Waals surface area contributed by atoms with Crippen LogP contribution < -0.4 is 23.7 Å². The maximum atomic E-state index is 6.10. The van der Waals surface area contributed by atoms with Gasteiger partial charge in [-0.25, -0.2) is 0 Å². The molecular formula is C27H31NO5. The topological polar surface area (TPSA) is 49.4 Å². The Bertz CT molecular complexity index is 1060. The lowest BCUT2D eigenvalue weighted by atomic mass is 9.98. The van der Waals surface area contributed by atoms with Crippen LogP contribution in [0.4, 0.5) is 0 Å². The van der Waals surface area contributed by atoms with Crippen molar-refractivity contribution in [3.63, 3.8) is 0 Å². The van der Waals surface area contributed by atoms with Crippen molar-refractivity contribution in [2.75, 3.05) is 35.0 Å². The second kappa shape index (κ2) is 10.5. The molecule has 0 fully saturated rings. The molecule has 0 aliphatic carbocycles. The molecule has 0 aromatic heterocycles. The number of nitrogens with zero attached hydrogens (tertiary/aromatic N) is 1. The van der Waals surface area contributed by atoms with Crippen LogP contribution >= 0.6 is 0 Å². The third-order valence-corrected chi connectivity index (χ3v) is 5.95. The van der Waals surface area contributed by atoms with Crippen LogP contribution in [-0.2, 0) is 26.1 Å². The first kappa shape index (κ1) is 22.8. The molecular weight excluding hydrogens is 418 g/mol. The number of rotatable bonds is 9. The largest absolute Gasteiger partial charge is 0.493 e. The van der Waals surface area contributed by atoms with Gasteiger partial charge in [0, 0.05) is 19.6 Å². The van der Waals surface area contributed by atoms with Gasteiger partial charge in [0.2, 0.25) is 5.75 Å². The van der Waals surface area contributed by atoms with E-state index in [-0.39, 0.29) is 0 Å². The number of hydrogen-bond donors (Lipinski definition) is 0. The monoisotopic (exact) mass is 449 g/mol. The molecule has 3 aromatic carbocycles. The molecule has 0 N–H and O–H groups in total. The predicted octanol–water partition coefficient (Wildman–Crippen LogP) is 4.86. The third kappa shape index (κ3) is 5.17. The van der Waals surface area contributed by atoms with Gasteiger partial charge in [-0.2, -0.15) is 0 Å².